The SMILES string of the molecule is O=S(=O)(NCCc1nnc(-c2ccccc2Cl)o1)c1cccs1. The molecule has 23 heavy (non-hydrogen) atoms. The van der Waals surface area contributed by atoms with Crippen molar-refractivity contribution in [2.24, 2.45) is 0 Å². The van der Waals surface area contributed by atoms with Gasteiger partial charge < -0.3 is 4.42 Å². The Morgan fingerprint density at radius 3 is 2.74 bits per heavy atom. The van der Waals surface area contributed by atoms with Crippen LogP contribution in [-0.4, -0.2) is 25.2 Å². The smallest absolute Gasteiger partial charge is 0.250 e. The van der Waals surface area contributed by atoms with Gasteiger partial charge in [-0.3, -0.25) is 0 Å². The van der Waals surface area contributed by atoms with Crippen molar-refractivity contribution in [3.63, 3.8) is 0 Å². The van der Waals surface area contributed by atoms with Crippen LogP contribution in [0.15, 0.2) is 50.4 Å². The van der Waals surface area contributed by atoms with Crippen molar-refractivity contribution in [3.05, 3.63) is 52.7 Å². The quantitative estimate of drug-likeness (QED) is 0.722. The Morgan fingerprint density at radius 1 is 1.17 bits per heavy atom. The predicted octanol–water partition coefficient (Wildman–Crippen LogP) is 2.97. The second-order valence-electron chi connectivity index (χ2n) is 4.56. The van der Waals surface area contributed by atoms with Gasteiger partial charge in [0.25, 0.3) is 0 Å². The zero-order valence-electron chi connectivity index (χ0n) is 11.8. The minimum Gasteiger partial charge on any atom is -0.421 e. The monoisotopic (exact) mass is 369 g/mol. The fourth-order valence-electron chi connectivity index (χ4n) is 1.88. The maximum Gasteiger partial charge on any atom is 0.250 e. The number of hydrogen-bond acceptors (Lipinski definition) is 6. The van der Waals surface area contributed by atoms with E-state index in [4.69, 9.17) is 16.0 Å². The van der Waals surface area contributed by atoms with Gasteiger partial charge in [-0.05, 0) is 23.6 Å². The fraction of sp³-hybridized carbons (Fsp3) is 0.143. The highest BCUT2D eigenvalue weighted by atomic mass is 35.5. The molecule has 0 radical (unpaired) electrons. The zero-order chi connectivity index (χ0) is 16.3. The molecule has 0 fully saturated rings. The topological polar surface area (TPSA) is 85.1 Å². The van der Waals surface area contributed by atoms with Crippen molar-refractivity contribution in [2.75, 3.05) is 6.54 Å². The van der Waals surface area contributed by atoms with Crippen LogP contribution in [-0.2, 0) is 16.4 Å². The number of thiophene rings is 1. The van der Waals surface area contributed by atoms with Gasteiger partial charge >= 0.3 is 0 Å². The Balaban J connectivity index is 1.63. The van der Waals surface area contributed by atoms with E-state index in [1.807, 2.05) is 12.1 Å². The van der Waals surface area contributed by atoms with Gasteiger partial charge in [0.2, 0.25) is 21.8 Å². The Bertz CT molecular complexity index is 892. The predicted molar refractivity (Wildman–Crippen MR) is 88.0 cm³/mol. The molecule has 3 aromatic rings. The molecule has 2 heterocycles. The number of aromatic nitrogens is 2. The second-order valence-corrected chi connectivity index (χ2v) is 7.91. The molecular weight excluding hydrogens is 358 g/mol. The second kappa shape index (κ2) is 6.79. The Labute approximate surface area is 142 Å². The molecule has 0 aliphatic rings. The lowest BCUT2D eigenvalue weighted by Crippen LogP contribution is -2.25. The number of halogens is 1. The van der Waals surface area contributed by atoms with E-state index < -0.39 is 10.0 Å². The third-order valence-electron chi connectivity index (χ3n) is 2.96. The first-order chi connectivity index (χ1) is 11.1. The van der Waals surface area contributed by atoms with Crippen molar-refractivity contribution in [1.29, 1.82) is 0 Å². The third-order valence-corrected chi connectivity index (χ3v) is 6.15. The molecule has 2 aromatic heterocycles. The molecule has 0 spiro atoms. The van der Waals surface area contributed by atoms with Crippen LogP contribution in [0, 0.1) is 0 Å². The average molecular weight is 370 g/mol. The first kappa shape index (κ1) is 16.1. The average Bonchev–Trinajstić information content (AvgIpc) is 3.19. The van der Waals surface area contributed by atoms with Gasteiger partial charge in [-0.1, -0.05) is 29.8 Å². The lowest BCUT2D eigenvalue weighted by molar-refractivity contribution is 0.502. The van der Waals surface area contributed by atoms with Crippen LogP contribution in [0.2, 0.25) is 5.02 Å². The van der Waals surface area contributed by atoms with Crippen molar-refractivity contribution >= 4 is 33.0 Å². The summed E-state index contributed by atoms with van der Waals surface area (Å²) < 4.78 is 32.2. The third kappa shape index (κ3) is 3.78. The van der Waals surface area contributed by atoms with Crippen LogP contribution in [0.25, 0.3) is 11.5 Å². The van der Waals surface area contributed by atoms with Crippen LogP contribution >= 0.6 is 22.9 Å². The molecule has 3 rings (SSSR count). The Morgan fingerprint density at radius 2 is 2.00 bits per heavy atom. The van der Waals surface area contributed by atoms with E-state index in [2.05, 4.69) is 14.9 Å². The van der Waals surface area contributed by atoms with Gasteiger partial charge in [-0.2, -0.15) is 0 Å². The molecule has 0 saturated heterocycles. The van der Waals surface area contributed by atoms with Crippen molar-refractivity contribution < 1.29 is 12.8 Å². The molecule has 0 saturated carbocycles. The summed E-state index contributed by atoms with van der Waals surface area (Å²) in [5.41, 5.74) is 0.645. The Hall–Kier alpha value is -1.74. The lowest BCUT2D eigenvalue weighted by Gasteiger charge is -2.02. The fourth-order valence-corrected chi connectivity index (χ4v) is 4.16. The number of nitrogens with one attached hydrogen (secondary N) is 1. The summed E-state index contributed by atoms with van der Waals surface area (Å²) in [5.74, 6) is 0.653. The summed E-state index contributed by atoms with van der Waals surface area (Å²) in [6.07, 6.45) is 0.294. The van der Waals surface area contributed by atoms with Gasteiger partial charge in [0.05, 0.1) is 10.6 Å². The van der Waals surface area contributed by atoms with Crippen molar-refractivity contribution in [2.45, 2.75) is 10.6 Å². The molecule has 9 heteroatoms. The van der Waals surface area contributed by atoms with Crippen LogP contribution < -0.4 is 4.72 Å². The van der Waals surface area contributed by atoms with Crippen molar-refractivity contribution in [3.8, 4) is 11.5 Å². The van der Waals surface area contributed by atoms with E-state index in [1.54, 1.807) is 29.6 Å². The molecule has 0 unspecified atom stereocenters. The lowest BCUT2D eigenvalue weighted by atomic mass is 10.2. The van der Waals surface area contributed by atoms with Crippen LogP contribution in [0.4, 0.5) is 0 Å². The standard InChI is InChI=1S/C14H12ClN3O3S2/c15-11-5-2-1-4-10(11)14-18-17-12(21-14)7-8-16-23(19,20)13-6-3-9-22-13/h1-6,9,16H,7-8H2. The van der Waals surface area contributed by atoms with Crippen LogP contribution in [0.3, 0.4) is 0 Å². The first-order valence-electron chi connectivity index (χ1n) is 6.67. The highest BCUT2D eigenvalue weighted by Gasteiger charge is 2.16. The summed E-state index contributed by atoms with van der Waals surface area (Å²) in [4.78, 5) is 0. The molecule has 0 atom stereocenters. The summed E-state index contributed by atoms with van der Waals surface area (Å²) in [6, 6.07) is 10.4. The first-order valence-corrected chi connectivity index (χ1v) is 9.41. The maximum absolute atomic E-state index is 12.0. The normalized spacial score (nSPS) is 11.7. The molecule has 120 valence electrons. The van der Waals surface area contributed by atoms with Gasteiger partial charge in [-0.25, -0.2) is 13.1 Å². The Kier molecular flexibility index (Phi) is 4.76. The van der Waals surface area contributed by atoms with Crippen LogP contribution in [0.5, 0.6) is 0 Å². The van der Waals surface area contributed by atoms with Crippen LogP contribution in [0.1, 0.15) is 5.89 Å². The van der Waals surface area contributed by atoms with E-state index in [-0.39, 0.29) is 10.8 Å². The van der Waals surface area contributed by atoms with E-state index in [9.17, 15) is 8.42 Å². The number of hydrogen-bond donors (Lipinski definition) is 1. The maximum atomic E-state index is 12.0. The summed E-state index contributed by atoms with van der Waals surface area (Å²) in [6.45, 7) is 0.171. The number of nitrogens with zero attached hydrogens (tertiary/aromatic N) is 2. The highest BCUT2D eigenvalue weighted by molar-refractivity contribution is 7.91. The molecule has 1 aromatic carbocycles. The van der Waals surface area contributed by atoms with Gasteiger partial charge in [0.15, 0.2) is 0 Å². The number of benzene rings is 1. The molecule has 1 N–H and O–H groups in total. The van der Waals surface area contributed by atoms with E-state index >= 15 is 0 Å². The largest absolute Gasteiger partial charge is 0.421 e. The van der Waals surface area contributed by atoms with E-state index in [0.29, 0.717) is 28.8 Å². The molecule has 0 amide bonds. The molecule has 6 nitrogen and oxygen atoms in total. The van der Waals surface area contributed by atoms with E-state index in [0.717, 1.165) is 11.3 Å². The minimum absolute atomic E-state index is 0.171. The molecule has 0 aliphatic heterocycles. The molecule has 0 bridgehead atoms. The summed E-state index contributed by atoms with van der Waals surface area (Å²) in [7, 11) is -3.48. The van der Waals surface area contributed by atoms with Crippen molar-refractivity contribution in [1.82, 2.24) is 14.9 Å². The van der Waals surface area contributed by atoms with E-state index in [1.165, 1.54) is 0 Å². The number of sulfonamides is 1. The van der Waals surface area contributed by atoms with Gasteiger partial charge in [0, 0.05) is 13.0 Å². The van der Waals surface area contributed by atoms with Gasteiger partial charge in [0.1, 0.15) is 4.21 Å². The van der Waals surface area contributed by atoms with Gasteiger partial charge in [-0.15, -0.1) is 21.5 Å². The highest BCUT2D eigenvalue weighted by Crippen LogP contribution is 2.26. The molecular formula is C14H12ClN3O3S2. The minimum atomic E-state index is -3.48. The number of rotatable bonds is 6. The zero-order valence-corrected chi connectivity index (χ0v) is 14.2. The summed E-state index contributed by atoms with van der Waals surface area (Å²) in [5, 5.41) is 10.1. The summed E-state index contributed by atoms with van der Waals surface area (Å²) >= 11 is 7.23. The molecule has 0 aliphatic carbocycles.